The molecule has 0 aliphatic rings. The van der Waals surface area contributed by atoms with Gasteiger partial charge in [-0.15, -0.1) is 0 Å². The molecule has 1 N–H and O–H groups in total. The first-order chi connectivity index (χ1) is 14.6. The molecule has 0 saturated carbocycles. The summed E-state index contributed by atoms with van der Waals surface area (Å²) in [5, 5.41) is 2.81. The number of methoxy groups -OCH3 is 1. The Morgan fingerprint density at radius 3 is 2.27 bits per heavy atom. The number of esters is 1. The lowest BCUT2D eigenvalue weighted by Crippen LogP contribution is -2.26. The van der Waals surface area contributed by atoms with Crippen LogP contribution in [0.25, 0.3) is 0 Å². The summed E-state index contributed by atoms with van der Waals surface area (Å²) in [7, 11) is 1.54. The Morgan fingerprint density at radius 1 is 0.900 bits per heavy atom. The van der Waals surface area contributed by atoms with E-state index in [-0.39, 0.29) is 12.5 Å². The standard InChI is InChI=1S/C24H23NO5/c1-17(24(27)29-16-18-8-4-3-5-9-18)30-20-14-12-19(13-15-20)23(26)25-21-10-6-7-11-22(21)28-2/h3-15,17H,16H2,1-2H3,(H,25,26)/t17-/m1/s1. The van der Waals surface area contributed by atoms with Crippen LogP contribution in [0, 0.1) is 0 Å². The SMILES string of the molecule is COc1ccccc1NC(=O)c1ccc(O[C@H](C)C(=O)OCc2ccccc2)cc1. The Labute approximate surface area is 175 Å². The van der Waals surface area contributed by atoms with Crippen molar-refractivity contribution in [3.05, 3.63) is 90.0 Å². The Hall–Kier alpha value is -3.80. The van der Waals surface area contributed by atoms with Gasteiger partial charge >= 0.3 is 5.97 Å². The molecule has 0 saturated heterocycles. The fourth-order valence-corrected chi connectivity index (χ4v) is 2.73. The van der Waals surface area contributed by atoms with Gasteiger partial charge in [0.15, 0.2) is 6.10 Å². The van der Waals surface area contributed by atoms with E-state index in [1.165, 1.54) is 0 Å². The molecule has 0 bridgehead atoms. The molecule has 154 valence electrons. The molecule has 0 radical (unpaired) electrons. The molecule has 3 aromatic carbocycles. The Kier molecular flexibility index (Phi) is 7.05. The van der Waals surface area contributed by atoms with Crippen LogP contribution in [0.1, 0.15) is 22.8 Å². The number of carbonyl (C=O) groups excluding carboxylic acids is 2. The van der Waals surface area contributed by atoms with E-state index in [4.69, 9.17) is 14.2 Å². The molecule has 6 heteroatoms. The second kappa shape index (κ2) is 10.1. The minimum Gasteiger partial charge on any atom is -0.495 e. The maximum absolute atomic E-state index is 12.5. The molecule has 30 heavy (non-hydrogen) atoms. The van der Waals surface area contributed by atoms with E-state index in [2.05, 4.69) is 5.32 Å². The molecule has 6 nitrogen and oxygen atoms in total. The molecule has 0 fully saturated rings. The molecule has 0 aromatic heterocycles. The number of rotatable bonds is 8. The number of benzene rings is 3. The van der Waals surface area contributed by atoms with Gasteiger partial charge in [0.25, 0.3) is 5.91 Å². The zero-order chi connectivity index (χ0) is 21.3. The fraction of sp³-hybridized carbons (Fsp3) is 0.167. The quantitative estimate of drug-likeness (QED) is 0.560. The third kappa shape index (κ3) is 5.61. The number of para-hydroxylation sites is 2. The normalized spacial score (nSPS) is 11.3. The van der Waals surface area contributed by atoms with E-state index >= 15 is 0 Å². The lowest BCUT2D eigenvalue weighted by molar-refractivity contribution is -0.152. The number of nitrogens with one attached hydrogen (secondary N) is 1. The van der Waals surface area contributed by atoms with Gasteiger partial charge in [-0.1, -0.05) is 42.5 Å². The smallest absolute Gasteiger partial charge is 0.347 e. The first-order valence-corrected chi connectivity index (χ1v) is 9.48. The molecule has 0 spiro atoms. The monoisotopic (exact) mass is 405 g/mol. The highest BCUT2D eigenvalue weighted by Gasteiger charge is 2.17. The average molecular weight is 405 g/mol. The van der Waals surface area contributed by atoms with Crippen LogP contribution in [-0.2, 0) is 16.1 Å². The lowest BCUT2D eigenvalue weighted by atomic mass is 10.2. The van der Waals surface area contributed by atoms with Gasteiger partial charge in [0, 0.05) is 5.56 Å². The number of ether oxygens (including phenoxy) is 3. The van der Waals surface area contributed by atoms with Crippen LogP contribution in [0.4, 0.5) is 5.69 Å². The number of anilines is 1. The van der Waals surface area contributed by atoms with Crippen LogP contribution in [0.5, 0.6) is 11.5 Å². The lowest BCUT2D eigenvalue weighted by Gasteiger charge is -2.14. The fourth-order valence-electron chi connectivity index (χ4n) is 2.73. The molecule has 1 atom stereocenters. The largest absolute Gasteiger partial charge is 0.495 e. The van der Waals surface area contributed by atoms with E-state index in [9.17, 15) is 9.59 Å². The molecule has 0 unspecified atom stereocenters. The van der Waals surface area contributed by atoms with Crippen molar-refractivity contribution in [2.45, 2.75) is 19.6 Å². The van der Waals surface area contributed by atoms with Crippen molar-refractivity contribution >= 4 is 17.6 Å². The summed E-state index contributed by atoms with van der Waals surface area (Å²) in [6.07, 6.45) is -0.776. The summed E-state index contributed by atoms with van der Waals surface area (Å²) in [6.45, 7) is 1.81. The first kappa shape index (κ1) is 20.9. The van der Waals surface area contributed by atoms with Crippen molar-refractivity contribution in [3.8, 4) is 11.5 Å². The maximum Gasteiger partial charge on any atom is 0.347 e. The molecular formula is C24H23NO5. The van der Waals surface area contributed by atoms with Crippen molar-refractivity contribution in [2.24, 2.45) is 0 Å². The molecule has 3 rings (SSSR count). The summed E-state index contributed by atoms with van der Waals surface area (Å²) >= 11 is 0. The van der Waals surface area contributed by atoms with Gasteiger partial charge in [-0.3, -0.25) is 4.79 Å². The van der Waals surface area contributed by atoms with Gasteiger partial charge in [0.2, 0.25) is 0 Å². The minimum absolute atomic E-state index is 0.190. The number of carbonyl (C=O) groups is 2. The van der Waals surface area contributed by atoms with Crippen molar-refractivity contribution in [3.63, 3.8) is 0 Å². The van der Waals surface area contributed by atoms with E-state index < -0.39 is 12.1 Å². The number of hydrogen-bond donors (Lipinski definition) is 1. The number of amides is 1. The summed E-state index contributed by atoms with van der Waals surface area (Å²) < 4.78 is 16.1. The van der Waals surface area contributed by atoms with Crippen LogP contribution in [-0.4, -0.2) is 25.1 Å². The van der Waals surface area contributed by atoms with E-state index in [0.29, 0.717) is 22.7 Å². The minimum atomic E-state index is -0.776. The van der Waals surface area contributed by atoms with E-state index in [1.807, 2.05) is 42.5 Å². The average Bonchev–Trinajstić information content (AvgIpc) is 2.79. The molecule has 1 amide bonds. The third-order valence-electron chi connectivity index (χ3n) is 4.34. The third-order valence-corrected chi connectivity index (χ3v) is 4.34. The Balaban J connectivity index is 1.54. The van der Waals surface area contributed by atoms with Crippen LogP contribution < -0.4 is 14.8 Å². The summed E-state index contributed by atoms with van der Waals surface area (Å²) in [4.78, 5) is 24.6. The van der Waals surface area contributed by atoms with Crippen molar-refractivity contribution < 1.29 is 23.8 Å². The molecule has 3 aromatic rings. The van der Waals surface area contributed by atoms with Crippen molar-refractivity contribution in [1.82, 2.24) is 0 Å². The second-order valence-electron chi connectivity index (χ2n) is 6.53. The molecule has 0 aliphatic heterocycles. The zero-order valence-corrected chi connectivity index (χ0v) is 16.8. The van der Waals surface area contributed by atoms with Gasteiger partial charge in [0.05, 0.1) is 12.8 Å². The zero-order valence-electron chi connectivity index (χ0n) is 16.8. The van der Waals surface area contributed by atoms with Crippen molar-refractivity contribution in [2.75, 3.05) is 12.4 Å². The summed E-state index contributed by atoms with van der Waals surface area (Å²) in [5.41, 5.74) is 1.94. The molecular weight excluding hydrogens is 382 g/mol. The maximum atomic E-state index is 12.5. The van der Waals surface area contributed by atoms with Gasteiger partial charge in [-0.05, 0) is 48.9 Å². The van der Waals surface area contributed by atoms with Gasteiger partial charge in [-0.25, -0.2) is 4.79 Å². The van der Waals surface area contributed by atoms with Crippen LogP contribution in [0.15, 0.2) is 78.9 Å². The highest BCUT2D eigenvalue weighted by Crippen LogP contribution is 2.24. The predicted octanol–water partition coefficient (Wildman–Crippen LogP) is 4.46. The summed E-state index contributed by atoms with van der Waals surface area (Å²) in [6, 6.07) is 23.1. The highest BCUT2D eigenvalue weighted by atomic mass is 16.6. The number of hydrogen-bond acceptors (Lipinski definition) is 5. The van der Waals surface area contributed by atoms with Crippen molar-refractivity contribution in [1.29, 1.82) is 0 Å². The Bertz CT molecular complexity index is 986. The molecule has 0 aliphatic carbocycles. The van der Waals surface area contributed by atoms with E-state index in [1.54, 1.807) is 50.4 Å². The Morgan fingerprint density at radius 2 is 1.57 bits per heavy atom. The predicted molar refractivity (Wildman–Crippen MR) is 114 cm³/mol. The summed E-state index contributed by atoms with van der Waals surface area (Å²) in [5.74, 6) is 0.305. The van der Waals surface area contributed by atoms with Gasteiger partial charge in [-0.2, -0.15) is 0 Å². The van der Waals surface area contributed by atoms with Gasteiger partial charge < -0.3 is 19.5 Å². The van der Waals surface area contributed by atoms with Crippen LogP contribution in [0.3, 0.4) is 0 Å². The van der Waals surface area contributed by atoms with E-state index in [0.717, 1.165) is 5.56 Å². The highest BCUT2D eigenvalue weighted by molar-refractivity contribution is 6.05. The second-order valence-corrected chi connectivity index (χ2v) is 6.53. The van der Waals surface area contributed by atoms with Crippen LogP contribution in [0.2, 0.25) is 0 Å². The van der Waals surface area contributed by atoms with Gasteiger partial charge in [0.1, 0.15) is 18.1 Å². The topological polar surface area (TPSA) is 73.9 Å². The first-order valence-electron chi connectivity index (χ1n) is 9.48. The van der Waals surface area contributed by atoms with Crippen LogP contribution >= 0.6 is 0 Å². The molecule has 0 heterocycles.